The SMILES string of the molecule is CCOc1ccc(-n2c(C)cc(/C=C3\SC(=S)N(CC)C3=O)c2C)cc1. The van der Waals surface area contributed by atoms with Crippen LogP contribution < -0.4 is 4.74 Å². The topological polar surface area (TPSA) is 34.5 Å². The summed E-state index contributed by atoms with van der Waals surface area (Å²) in [5.41, 5.74) is 4.31. The Hall–Kier alpha value is -2.05. The lowest BCUT2D eigenvalue weighted by molar-refractivity contribution is -0.121. The number of rotatable bonds is 5. The fourth-order valence-corrected chi connectivity index (χ4v) is 4.48. The summed E-state index contributed by atoms with van der Waals surface area (Å²) in [6.07, 6.45) is 1.95. The Morgan fingerprint density at radius 3 is 2.46 bits per heavy atom. The van der Waals surface area contributed by atoms with E-state index in [1.54, 1.807) is 4.90 Å². The Labute approximate surface area is 163 Å². The van der Waals surface area contributed by atoms with Crippen LogP contribution in [-0.4, -0.2) is 32.8 Å². The molecule has 1 fully saturated rings. The Bertz CT molecular complexity index is 882. The van der Waals surface area contributed by atoms with E-state index in [1.165, 1.54) is 11.8 Å². The first-order valence-electron chi connectivity index (χ1n) is 8.63. The van der Waals surface area contributed by atoms with Gasteiger partial charge in [0.2, 0.25) is 0 Å². The molecule has 0 spiro atoms. The molecule has 1 amide bonds. The van der Waals surface area contributed by atoms with E-state index in [2.05, 4.69) is 24.5 Å². The largest absolute Gasteiger partial charge is 0.494 e. The molecule has 3 rings (SSSR count). The highest BCUT2D eigenvalue weighted by Gasteiger charge is 2.30. The third-order valence-electron chi connectivity index (χ3n) is 4.35. The number of thiocarbonyl (C=S) groups is 1. The summed E-state index contributed by atoms with van der Waals surface area (Å²) in [6.45, 7) is 9.30. The highest BCUT2D eigenvalue weighted by molar-refractivity contribution is 8.26. The van der Waals surface area contributed by atoms with Gasteiger partial charge in [0.15, 0.2) is 0 Å². The summed E-state index contributed by atoms with van der Waals surface area (Å²) < 4.78 is 8.33. The van der Waals surface area contributed by atoms with Gasteiger partial charge in [-0.05, 0) is 69.7 Å². The van der Waals surface area contributed by atoms with Crippen molar-refractivity contribution in [2.75, 3.05) is 13.2 Å². The number of amides is 1. The van der Waals surface area contributed by atoms with Crippen LogP contribution in [0.2, 0.25) is 0 Å². The first-order chi connectivity index (χ1) is 12.5. The zero-order chi connectivity index (χ0) is 18.8. The highest BCUT2D eigenvalue weighted by Crippen LogP contribution is 2.33. The quantitative estimate of drug-likeness (QED) is 0.550. The molecule has 0 atom stereocenters. The lowest BCUT2D eigenvalue weighted by atomic mass is 10.2. The average Bonchev–Trinajstić information content (AvgIpc) is 3.04. The van der Waals surface area contributed by atoms with Crippen molar-refractivity contribution in [2.45, 2.75) is 27.7 Å². The molecule has 2 heterocycles. The van der Waals surface area contributed by atoms with E-state index in [4.69, 9.17) is 17.0 Å². The van der Waals surface area contributed by atoms with Crippen molar-refractivity contribution in [3.63, 3.8) is 0 Å². The van der Waals surface area contributed by atoms with Crippen LogP contribution in [0.4, 0.5) is 0 Å². The molecule has 0 bridgehead atoms. The predicted molar refractivity (Wildman–Crippen MR) is 112 cm³/mol. The van der Waals surface area contributed by atoms with Crippen molar-refractivity contribution in [3.8, 4) is 11.4 Å². The number of aryl methyl sites for hydroxylation is 1. The summed E-state index contributed by atoms with van der Waals surface area (Å²) in [4.78, 5) is 14.8. The summed E-state index contributed by atoms with van der Waals surface area (Å²) in [5, 5.41) is 0. The summed E-state index contributed by atoms with van der Waals surface area (Å²) in [6, 6.07) is 10.1. The van der Waals surface area contributed by atoms with Gasteiger partial charge in [0, 0.05) is 23.6 Å². The van der Waals surface area contributed by atoms with Crippen molar-refractivity contribution in [1.82, 2.24) is 9.47 Å². The lowest BCUT2D eigenvalue weighted by Gasteiger charge is -2.11. The van der Waals surface area contributed by atoms with Gasteiger partial charge in [-0.3, -0.25) is 9.69 Å². The number of thioether (sulfide) groups is 1. The molecule has 1 aliphatic rings. The standard InChI is InChI=1S/C20H22N2O2S2/c1-5-21-19(23)18(26-20(21)25)12-15-11-13(3)22(14(15)4)16-7-9-17(10-8-16)24-6-2/h7-12H,5-6H2,1-4H3/b18-12-. The number of ether oxygens (including phenoxy) is 1. The predicted octanol–water partition coefficient (Wildman–Crippen LogP) is 4.71. The Balaban J connectivity index is 1.95. The first kappa shape index (κ1) is 18.7. The third kappa shape index (κ3) is 3.44. The monoisotopic (exact) mass is 386 g/mol. The molecular formula is C20H22N2O2S2. The first-order valence-corrected chi connectivity index (χ1v) is 9.86. The van der Waals surface area contributed by atoms with Gasteiger partial charge in [0.1, 0.15) is 10.1 Å². The number of likely N-dealkylation sites (N-methyl/N-ethyl adjacent to an activating group) is 1. The van der Waals surface area contributed by atoms with Gasteiger partial charge in [-0.1, -0.05) is 24.0 Å². The fourth-order valence-electron chi connectivity index (χ4n) is 3.10. The number of hydrogen-bond donors (Lipinski definition) is 0. The minimum atomic E-state index is -0.00614. The molecule has 1 aromatic heterocycles. The second kappa shape index (κ2) is 7.68. The van der Waals surface area contributed by atoms with E-state index in [1.807, 2.05) is 44.2 Å². The van der Waals surface area contributed by atoms with Crippen LogP contribution in [0.3, 0.4) is 0 Å². The normalized spacial score (nSPS) is 16.0. The molecule has 0 aliphatic carbocycles. The van der Waals surface area contributed by atoms with E-state index in [0.29, 0.717) is 22.4 Å². The van der Waals surface area contributed by atoms with E-state index in [-0.39, 0.29) is 5.91 Å². The van der Waals surface area contributed by atoms with E-state index < -0.39 is 0 Å². The van der Waals surface area contributed by atoms with Gasteiger partial charge in [0.25, 0.3) is 5.91 Å². The number of carbonyl (C=O) groups excluding carboxylic acids is 1. The van der Waals surface area contributed by atoms with Gasteiger partial charge in [0.05, 0.1) is 11.5 Å². The summed E-state index contributed by atoms with van der Waals surface area (Å²) in [5.74, 6) is 0.857. The van der Waals surface area contributed by atoms with Crippen LogP contribution in [-0.2, 0) is 4.79 Å². The Morgan fingerprint density at radius 2 is 1.88 bits per heavy atom. The zero-order valence-electron chi connectivity index (χ0n) is 15.4. The second-order valence-electron chi connectivity index (χ2n) is 6.01. The van der Waals surface area contributed by atoms with E-state index >= 15 is 0 Å². The highest BCUT2D eigenvalue weighted by atomic mass is 32.2. The molecule has 6 heteroatoms. The maximum absolute atomic E-state index is 12.5. The smallest absolute Gasteiger partial charge is 0.266 e. The van der Waals surface area contributed by atoms with Gasteiger partial charge in [-0.25, -0.2) is 0 Å². The summed E-state index contributed by atoms with van der Waals surface area (Å²) in [7, 11) is 0. The molecule has 1 aromatic carbocycles. The van der Waals surface area contributed by atoms with Crippen molar-refractivity contribution in [2.24, 2.45) is 0 Å². The van der Waals surface area contributed by atoms with Crippen molar-refractivity contribution in [3.05, 3.63) is 52.2 Å². The van der Waals surface area contributed by atoms with Gasteiger partial charge in [-0.15, -0.1) is 0 Å². The molecule has 26 heavy (non-hydrogen) atoms. The molecule has 1 aliphatic heterocycles. The molecule has 0 unspecified atom stereocenters. The maximum Gasteiger partial charge on any atom is 0.266 e. The molecule has 136 valence electrons. The Morgan fingerprint density at radius 1 is 1.19 bits per heavy atom. The second-order valence-corrected chi connectivity index (χ2v) is 7.69. The molecular weight excluding hydrogens is 364 g/mol. The molecule has 0 N–H and O–H groups in total. The van der Waals surface area contributed by atoms with E-state index in [0.717, 1.165) is 28.4 Å². The van der Waals surface area contributed by atoms with Crippen LogP contribution >= 0.6 is 24.0 Å². The Kier molecular flexibility index (Phi) is 5.53. The number of aromatic nitrogens is 1. The minimum Gasteiger partial charge on any atom is -0.494 e. The van der Waals surface area contributed by atoms with Crippen molar-refractivity contribution >= 4 is 40.3 Å². The molecule has 0 saturated carbocycles. The van der Waals surface area contributed by atoms with Crippen molar-refractivity contribution in [1.29, 1.82) is 0 Å². The van der Waals surface area contributed by atoms with Crippen LogP contribution in [0.15, 0.2) is 35.2 Å². The number of carbonyl (C=O) groups is 1. The third-order valence-corrected chi connectivity index (χ3v) is 5.73. The van der Waals surface area contributed by atoms with Crippen LogP contribution in [0.25, 0.3) is 11.8 Å². The molecule has 1 saturated heterocycles. The molecule has 0 radical (unpaired) electrons. The maximum atomic E-state index is 12.5. The lowest BCUT2D eigenvalue weighted by Crippen LogP contribution is -2.27. The summed E-state index contributed by atoms with van der Waals surface area (Å²) >= 11 is 6.67. The van der Waals surface area contributed by atoms with Gasteiger partial charge < -0.3 is 9.30 Å². The zero-order valence-corrected chi connectivity index (χ0v) is 17.0. The van der Waals surface area contributed by atoms with Crippen LogP contribution in [0.1, 0.15) is 30.8 Å². The van der Waals surface area contributed by atoms with Gasteiger partial charge in [-0.2, -0.15) is 0 Å². The molecule has 4 nitrogen and oxygen atoms in total. The number of hydrogen-bond acceptors (Lipinski definition) is 4. The van der Waals surface area contributed by atoms with E-state index in [9.17, 15) is 4.79 Å². The fraction of sp³-hybridized carbons (Fsp3) is 0.300. The minimum absolute atomic E-state index is 0.00614. The number of nitrogens with zero attached hydrogens (tertiary/aromatic N) is 2. The number of benzene rings is 1. The van der Waals surface area contributed by atoms with Crippen LogP contribution in [0.5, 0.6) is 5.75 Å². The van der Waals surface area contributed by atoms with Crippen molar-refractivity contribution < 1.29 is 9.53 Å². The van der Waals surface area contributed by atoms with Crippen LogP contribution in [0, 0.1) is 13.8 Å². The van der Waals surface area contributed by atoms with Gasteiger partial charge >= 0.3 is 0 Å². The molecule has 2 aromatic rings. The average molecular weight is 387 g/mol.